The van der Waals surface area contributed by atoms with Crippen LogP contribution in [0.5, 0.6) is 11.5 Å². The van der Waals surface area contributed by atoms with Crippen LogP contribution in [-0.4, -0.2) is 105 Å². The minimum atomic E-state index is -1.74. The van der Waals surface area contributed by atoms with Gasteiger partial charge < -0.3 is 49.4 Å². The number of carbonyl (C=O) groups is 2. The number of nitrogens with zero attached hydrogens (tertiary/aromatic N) is 1. The van der Waals surface area contributed by atoms with E-state index in [1.54, 1.807) is 12.1 Å². The summed E-state index contributed by atoms with van der Waals surface area (Å²) < 4.78 is 21.9. The van der Waals surface area contributed by atoms with Crippen LogP contribution in [0.3, 0.4) is 0 Å². The third kappa shape index (κ3) is 3.94. The molecule has 0 radical (unpaired) electrons. The summed E-state index contributed by atoms with van der Waals surface area (Å²) >= 11 is 0. The Balaban J connectivity index is 1.44. The third-order valence-electron chi connectivity index (χ3n) is 6.92. The molecule has 0 spiro atoms. The number of ether oxygens (including phenoxy) is 4. The van der Waals surface area contributed by atoms with Crippen molar-refractivity contribution in [2.45, 2.75) is 68.2 Å². The SMILES string of the molecule is O=C1C[C@@H](O[C@@H]2O[C@H](CO)[C@H](O)[C@H](O)[C@H]2O)[C@H](O)C(=O)N2CC[C@@H]1c1cc3c(cc1C2)OCO3. The van der Waals surface area contributed by atoms with Crippen molar-refractivity contribution >= 4 is 11.7 Å². The summed E-state index contributed by atoms with van der Waals surface area (Å²) in [5.74, 6) is -0.490. The summed E-state index contributed by atoms with van der Waals surface area (Å²) in [6.45, 7) is -0.218. The lowest BCUT2D eigenvalue weighted by Gasteiger charge is -2.41. The zero-order valence-electron chi connectivity index (χ0n) is 18.1. The van der Waals surface area contributed by atoms with Crippen molar-refractivity contribution in [3.63, 3.8) is 0 Å². The monoisotopic (exact) mass is 481 g/mol. The molecule has 2 saturated heterocycles. The predicted octanol–water partition coefficient (Wildman–Crippen LogP) is -2.25. The highest BCUT2D eigenvalue weighted by Gasteiger charge is 2.47. The number of benzene rings is 1. The topological polar surface area (TPSA) is 175 Å². The molecular formula is C22H27NO11. The second kappa shape index (κ2) is 9.04. The highest BCUT2D eigenvalue weighted by Crippen LogP contribution is 2.41. The number of fused-ring (bicyclic) bond motifs is 6. The van der Waals surface area contributed by atoms with E-state index in [0.717, 1.165) is 5.56 Å². The fourth-order valence-electron chi connectivity index (χ4n) is 4.98. The van der Waals surface area contributed by atoms with Crippen molar-refractivity contribution in [3.05, 3.63) is 23.3 Å². The Labute approximate surface area is 194 Å². The minimum Gasteiger partial charge on any atom is -0.454 e. The molecule has 0 saturated carbocycles. The van der Waals surface area contributed by atoms with E-state index in [9.17, 15) is 35.1 Å². The van der Waals surface area contributed by atoms with Gasteiger partial charge in [0, 0.05) is 25.4 Å². The van der Waals surface area contributed by atoms with Crippen LogP contribution in [-0.2, 0) is 25.6 Å². The van der Waals surface area contributed by atoms with Crippen LogP contribution < -0.4 is 9.47 Å². The summed E-state index contributed by atoms with van der Waals surface area (Å²) in [6, 6.07) is 3.50. The van der Waals surface area contributed by atoms with Crippen LogP contribution in [0.4, 0.5) is 0 Å². The molecule has 1 aromatic carbocycles. The largest absolute Gasteiger partial charge is 0.454 e. The number of rotatable bonds is 3. The van der Waals surface area contributed by atoms with E-state index in [1.807, 2.05) is 0 Å². The molecule has 2 bridgehead atoms. The van der Waals surface area contributed by atoms with Crippen LogP contribution in [0.25, 0.3) is 0 Å². The molecule has 2 fully saturated rings. The van der Waals surface area contributed by atoms with E-state index >= 15 is 0 Å². The molecule has 186 valence electrons. The van der Waals surface area contributed by atoms with Crippen molar-refractivity contribution in [1.29, 1.82) is 0 Å². The van der Waals surface area contributed by atoms with Gasteiger partial charge in [0.1, 0.15) is 36.3 Å². The zero-order chi connectivity index (χ0) is 24.1. The number of hydrogen-bond acceptors (Lipinski definition) is 11. The first kappa shape index (κ1) is 23.4. The van der Waals surface area contributed by atoms with Crippen molar-refractivity contribution in [1.82, 2.24) is 4.90 Å². The Kier molecular flexibility index (Phi) is 6.23. The quantitative estimate of drug-likeness (QED) is 0.315. The fraction of sp³-hybridized carbons (Fsp3) is 0.636. The zero-order valence-corrected chi connectivity index (χ0v) is 18.1. The van der Waals surface area contributed by atoms with Crippen LogP contribution in [0.2, 0.25) is 0 Å². The first-order chi connectivity index (χ1) is 16.3. The van der Waals surface area contributed by atoms with E-state index in [2.05, 4.69) is 0 Å². The number of hydrogen-bond donors (Lipinski definition) is 5. The first-order valence-corrected chi connectivity index (χ1v) is 11.2. The number of amides is 1. The Hall–Kier alpha value is -2.32. The molecule has 0 unspecified atom stereocenters. The molecule has 0 aromatic heterocycles. The van der Waals surface area contributed by atoms with Crippen LogP contribution in [0, 0.1) is 0 Å². The molecule has 34 heavy (non-hydrogen) atoms. The normalized spacial score (nSPS) is 37.6. The molecular weight excluding hydrogens is 454 g/mol. The van der Waals surface area contributed by atoms with E-state index in [1.165, 1.54) is 4.90 Å². The molecule has 12 nitrogen and oxygen atoms in total. The molecule has 5 N–H and O–H groups in total. The smallest absolute Gasteiger partial charge is 0.254 e. The van der Waals surface area contributed by atoms with Crippen molar-refractivity contribution in [3.8, 4) is 11.5 Å². The first-order valence-electron chi connectivity index (χ1n) is 11.2. The standard InChI is InChI=1S/C22H27NO11/c24-7-16-17(26)19(28)20(29)22(34-16)33-15-5-12(25)10-1-2-23(21(30)18(15)27)6-9-3-13-14(4-11(9)10)32-8-31-13/h3-4,10,15-20,22,24,26-29H,1-2,5-8H2/t10-,15-,16-,17+,18+,19+,20-,22-/m1/s1. The lowest BCUT2D eigenvalue weighted by atomic mass is 9.86. The molecule has 4 heterocycles. The number of aliphatic hydroxyl groups is 5. The van der Waals surface area contributed by atoms with Crippen LogP contribution in [0.1, 0.15) is 29.9 Å². The molecule has 4 aliphatic rings. The van der Waals surface area contributed by atoms with Crippen LogP contribution >= 0.6 is 0 Å². The highest BCUT2D eigenvalue weighted by atomic mass is 16.7. The van der Waals surface area contributed by atoms with Gasteiger partial charge in [-0.2, -0.15) is 0 Å². The van der Waals surface area contributed by atoms with Crippen molar-refractivity contribution < 1.29 is 54.1 Å². The lowest BCUT2D eigenvalue weighted by Crippen LogP contribution is -2.60. The predicted molar refractivity (Wildman–Crippen MR) is 110 cm³/mol. The van der Waals surface area contributed by atoms with Crippen molar-refractivity contribution in [2.75, 3.05) is 19.9 Å². The molecule has 1 aromatic rings. The number of carbonyl (C=O) groups excluding carboxylic acids is 2. The average molecular weight is 481 g/mol. The molecule has 12 heteroatoms. The summed E-state index contributed by atoms with van der Waals surface area (Å²) in [5, 5.41) is 50.6. The van der Waals surface area contributed by atoms with Gasteiger partial charge in [-0.05, 0) is 29.7 Å². The van der Waals surface area contributed by atoms with Gasteiger partial charge in [-0.25, -0.2) is 0 Å². The molecule has 5 rings (SSSR count). The summed E-state index contributed by atoms with van der Waals surface area (Å²) in [4.78, 5) is 28.0. The summed E-state index contributed by atoms with van der Waals surface area (Å²) in [6.07, 6.45) is -11.0. The third-order valence-corrected chi connectivity index (χ3v) is 6.92. The summed E-state index contributed by atoms with van der Waals surface area (Å²) in [5.41, 5.74) is 1.45. The maximum absolute atomic E-state index is 13.4. The highest BCUT2D eigenvalue weighted by molar-refractivity contribution is 5.90. The van der Waals surface area contributed by atoms with Gasteiger partial charge in [-0.1, -0.05) is 0 Å². The number of aliphatic hydroxyl groups excluding tert-OH is 5. The molecule has 1 amide bonds. The lowest BCUT2D eigenvalue weighted by molar-refractivity contribution is -0.315. The van der Waals surface area contributed by atoms with E-state index in [0.29, 0.717) is 23.5 Å². The van der Waals surface area contributed by atoms with E-state index in [4.69, 9.17) is 18.9 Å². The van der Waals surface area contributed by atoms with Gasteiger partial charge in [-0.15, -0.1) is 0 Å². The Morgan fingerprint density at radius 1 is 1.03 bits per heavy atom. The molecule has 4 aliphatic heterocycles. The average Bonchev–Trinajstić information content (AvgIpc) is 3.21. The number of ketones is 1. The minimum absolute atomic E-state index is 0.0627. The van der Waals surface area contributed by atoms with Crippen molar-refractivity contribution in [2.24, 2.45) is 0 Å². The van der Waals surface area contributed by atoms with Gasteiger partial charge >= 0.3 is 0 Å². The maximum atomic E-state index is 13.4. The van der Waals surface area contributed by atoms with Gasteiger partial charge in [-0.3, -0.25) is 9.59 Å². The van der Waals surface area contributed by atoms with E-state index in [-0.39, 0.29) is 32.1 Å². The Bertz CT molecular complexity index is 968. The van der Waals surface area contributed by atoms with E-state index < -0.39 is 61.3 Å². The summed E-state index contributed by atoms with van der Waals surface area (Å²) in [7, 11) is 0. The van der Waals surface area contributed by atoms with Gasteiger partial charge in [0.05, 0.1) is 6.61 Å². The van der Waals surface area contributed by atoms with Gasteiger partial charge in [0.25, 0.3) is 5.91 Å². The maximum Gasteiger partial charge on any atom is 0.254 e. The second-order valence-electron chi connectivity index (χ2n) is 8.99. The Morgan fingerprint density at radius 2 is 1.76 bits per heavy atom. The fourth-order valence-corrected chi connectivity index (χ4v) is 4.98. The van der Waals surface area contributed by atoms with Crippen LogP contribution in [0.15, 0.2) is 12.1 Å². The van der Waals surface area contributed by atoms with Gasteiger partial charge in [0.15, 0.2) is 23.9 Å². The van der Waals surface area contributed by atoms with Gasteiger partial charge in [0.2, 0.25) is 6.79 Å². The molecule has 8 atom stereocenters. The second-order valence-corrected chi connectivity index (χ2v) is 8.99. The number of Topliss-reactive ketones (excluding diaryl/α,β-unsaturated/α-hetero) is 1. The molecule has 0 aliphatic carbocycles. The Morgan fingerprint density at radius 3 is 2.50 bits per heavy atom.